The maximum Gasteiger partial charge on any atom is 0.271 e. The molecule has 0 spiro atoms. The number of rotatable bonds is 1. The number of nitrogens with zero attached hydrogens (tertiary/aromatic N) is 3. The van der Waals surface area contributed by atoms with E-state index in [4.69, 9.17) is 0 Å². The maximum absolute atomic E-state index is 2.37. The van der Waals surface area contributed by atoms with Crippen molar-refractivity contribution in [3.63, 3.8) is 0 Å². The Bertz CT molecular complexity index is 302. The van der Waals surface area contributed by atoms with Crippen molar-refractivity contribution in [2.75, 3.05) is 13.6 Å². The summed E-state index contributed by atoms with van der Waals surface area (Å²) in [6.45, 7) is 11.8. The number of likely N-dealkylation sites (N-methyl/N-ethyl adjacent to an activating group) is 1. The van der Waals surface area contributed by atoms with Gasteiger partial charge in [-0.2, -0.15) is 0 Å². The van der Waals surface area contributed by atoms with E-state index in [1.807, 2.05) is 13.8 Å². The Morgan fingerprint density at radius 1 is 1.33 bits per heavy atom. The molecule has 0 aliphatic carbocycles. The van der Waals surface area contributed by atoms with Gasteiger partial charge in [0.25, 0.3) is 5.82 Å². The fourth-order valence-corrected chi connectivity index (χ4v) is 1.92. The lowest BCUT2D eigenvalue weighted by Gasteiger charge is -2.20. The normalized spacial score (nSPS) is 15.9. The van der Waals surface area contributed by atoms with Gasteiger partial charge in [0.1, 0.15) is 25.5 Å². The van der Waals surface area contributed by atoms with Crippen LogP contribution in [0.1, 0.15) is 39.6 Å². The molecule has 0 fully saturated rings. The molecule has 0 atom stereocenters. The molecule has 1 aromatic heterocycles. The van der Waals surface area contributed by atoms with Crippen LogP contribution in [0.25, 0.3) is 0 Å². The van der Waals surface area contributed by atoms with Crippen molar-refractivity contribution in [2.24, 2.45) is 0 Å². The average molecular weight is 210 g/mol. The molecule has 0 N–H and O–H groups in total. The van der Waals surface area contributed by atoms with Gasteiger partial charge in [-0.1, -0.05) is 13.8 Å². The molecule has 0 unspecified atom stereocenters. The Morgan fingerprint density at radius 2 is 2.00 bits per heavy atom. The van der Waals surface area contributed by atoms with E-state index in [0.717, 1.165) is 13.1 Å². The monoisotopic (exact) mass is 210 g/mol. The molecular weight excluding hydrogens is 186 g/mol. The van der Waals surface area contributed by atoms with E-state index in [2.05, 4.69) is 47.3 Å². The summed E-state index contributed by atoms with van der Waals surface area (Å²) in [6, 6.07) is 0.572. The standard InChI is InChI=1S/C10H18N3.C2H6/c1-9(2)13-7-6-12-5-4-11(3)8-10(12)13;1-2/h6-7,9H,4-5,8H2,1-3H3;1-2H3/q+1;. The van der Waals surface area contributed by atoms with Gasteiger partial charge in [0.2, 0.25) is 0 Å². The fourth-order valence-electron chi connectivity index (χ4n) is 1.92. The third-order valence-corrected chi connectivity index (χ3v) is 2.73. The van der Waals surface area contributed by atoms with Crippen LogP contribution in [0.3, 0.4) is 0 Å². The van der Waals surface area contributed by atoms with E-state index < -0.39 is 0 Å². The van der Waals surface area contributed by atoms with Crippen molar-refractivity contribution in [1.82, 2.24) is 9.47 Å². The molecule has 0 amide bonds. The van der Waals surface area contributed by atoms with Gasteiger partial charge in [-0.3, -0.25) is 4.90 Å². The third kappa shape index (κ3) is 2.59. The summed E-state index contributed by atoms with van der Waals surface area (Å²) in [4.78, 5) is 2.37. The minimum atomic E-state index is 0.572. The molecule has 0 saturated carbocycles. The van der Waals surface area contributed by atoms with Crippen LogP contribution in [0.15, 0.2) is 12.4 Å². The maximum atomic E-state index is 2.37. The Morgan fingerprint density at radius 3 is 2.60 bits per heavy atom. The zero-order chi connectivity index (χ0) is 11.4. The molecule has 0 radical (unpaired) electrons. The molecule has 1 aromatic rings. The zero-order valence-electron chi connectivity index (χ0n) is 10.7. The first kappa shape index (κ1) is 12.2. The van der Waals surface area contributed by atoms with Crippen LogP contribution in [0.5, 0.6) is 0 Å². The smallest absolute Gasteiger partial charge is 0.271 e. The molecule has 0 aromatic carbocycles. The van der Waals surface area contributed by atoms with Gasteiger partial charge >= 0.3 is 0 Å². The van der Waals surface area contributed by atoms with Gasteiger partial charge in [-0.25, -0.2) is 9.13 Å². The van der Waals surface area contributed by atoms with Gasteiger partial charge in [-0.05, 0) is 20.9 Å². The van der Waals surface area contributed by atoms with Crippen LogP contribution in [0.4, 0.5) is 0 Å². The van der Waals surface area contributed by atoms with Crippen molar-refractivity contribution in [1.29, 1.82) is 0 Å². The second kappa shape index (κ2) is 5.31. The minimum Gasteiger partial charge on any atom is -0.291 e. The molecule has 3 heteroatoms. The SMILES string of the molecule is CC.CC(C)n1cc[n+]2c1CN(C)CC2. The summed E-state index contributed by atoms with van der Waals surface area (Å²) in [6.07, 6.45) is 4.39. The topological polar surface area (TPSA) is 12.0 Å². The average Bonchev–Trinajstić information content (AvgIpc) is 2.63. The molecule has 0 bridgehead atoms. The van der Waals surface area contributed by atoms with E-state index >= 15 is 0 Å². The van der Waals surface area contributed by atoms with Gasteiger partial charge in [0, 0.05) is 6.54 Å². The molecule has 86 valence electrons. The van der Waals surface area contributed by atoms with Crippen molar-refractivity contribution in [3.05, 3.63) is 18.2 Å². The highest BCUT2D eigenvalue weighted by molar-refractivity contribution is 4.87. The highest BCUT2D eigenvalue weighted by Crippen LogP contribution is 2.10. The number of hydrogen-bond donors (Lipinski definition) is 0. The van der Waals surface area contributed by atoms with Crippen LogP contribution >= 0.6 is 0 Å². The molecule has 15 heavy (non-hydrogen) atoms. The van der Waals surface area contributed by atoms with Crippen molar-refractivity contribution in [3.8, 4) is 0 Å². The second-order valence-corrected chi connectivity index (χ2v) is 4.15. The summed E-state index contributed by atoms with van der Waals surface area (Å²) in [5.41, 5.74) is 0. The van der Waals surface area contributed by atoms with Crippen LogP contribution in [-0.2, 0) is 13.1 Å². The van der Waals surface area contributed by atoms with Crippen molar-refractivity contribution < 1.29 is 4.57 Å². The molecular formula is C12H24N3+. The second-order valence-electron chi connectivity index (χ2n) is 4.15. The predicted octanol–water partition coefficient (Wildman–Crippen LogP) is 1.83. The van der Waals surface area contributed by atoms with Crippen molar-refractivity contribution >= 4 is 0 Å². The zero-order valence-corrected chi connectivity index (χ0v) is 10.7. The van der Waals surface area contributed by atoms with Gasteiger partial charge in [0.05, 0.1) is 6.04 Å². The lowest BCUT2D eigenvalue weighted by molar-refractivity contribution is -0.711. The molecule has 2 rings (SSSR count). The van der Waals surface area contributed by atoms with Crippen LogP contribution in [0, 0.1) is 0 Å². The number of fused-ring (bicyclic) bond motifs is 1. The number of aromatic nitrogens is 2. The first-order chi connectivity index (χ1) is 7.18. The van der Waals surface area contributed by atoms with E-state index in [-0.39, 0.29) is 0 Å². The molecule has 0 saturated heterocycles. The summed E-state index contributed by atoms with van der Waals surface area (Å²) in [5, 5.41) is 0. The molecule has 2 heterocycles. The quantitative estimate of drug-likeness (QED) is 0.644. The van der Waals surface area contributed by atoms with Gasteiger partial charge in [0.15, 0.2) is 0 Å². The van der Waals surface area contributed by atoms with Gasteiger partial charge < -0.3 is 0 Å². The first-order valence-corrected chi connectivity index (χ1v) is 5.96. The van der Waals surface area contributed by atoms with E-state index in [1.165, 1.54) is 12.4 Å². The van der Waals surface area contributed by atoms with Crippen LogP contribution in [0.2, 0.25) is 0 Å². The molecule has 1 aliphatic rings. The highest BCUT2D eigenvalue weighted by atomic mass is 15.3. The summed E-state index contributed by atoms with van der Waals surface area (Å²) in [7, 11) is 2.18. The fraction of sp³-hybridized carbons (Fsp3) is 0.750. The number of hydrogen-bond acceptors (Lipinski definition) is 1. The first-order valence-electron chi connectivity index (χ1n) is 5.96. The van der Waals surface area contributed by atoms with Gasteiger partial charge in [-0.15, -0.1) is 0 Å². The number of imidazole rings is 1. The summed E-state index contributed by atoms with van der Waals surface area (Å²) in [5.74, 6) is 1.43. The highest BCUT2D eigenvalue weighted by Gasteiger charge is 2.24. The Hall–Kier alpha value is -0.830. The van der Waals surface area contributed by atoms with E-state index in [0.29, 0.717) is 6.04 Å². The molecule has 3 nitrogen and oxygen atoms in total. The Labute approximate surface area is 93.3 Å². The lowest BCUT2D eigenvalue weighted by Crippen LogP contribution is -2.48. The van der Waals surface area contributed by atoms with Crippen molar-refractivity contribution in [2.45, 2.75) is 46.8 Å². The predicted molar refractivity (Wildman–Crippen MR) is 62.7 cm³/mol. The summed E-state index contributed by atoms with van der Waals surface area (Å²) >= 11 is 0. The minimum absolute atomic E-state index is 0.572. The molecule has 1 aliphatic heterocycles. The lowest BCUT2D eigenvalue weighted by atomic mass is 10.3. The Kier molecular flexibility index (Phi) is 4.33. The summed E-state index contributed by atoms with van der Waals surface area (Å²) < 4.78 is 4.72. The van der Waals surface area contributed by atoms with Crippen LogP contribution < -0.4 is 4.57 Å². The van der Waals surface area contributed by atoms with E-state index in [9.17, 15) is 0 Å². The Balaban J connectivity index is 0.000000531. The third-order valence-electron chi connectivity index (χ3n) is 2.73. The van der Waals surface area contributed by atoms with E-state index in [1.54, 1.807) is 0 Å². The van der Waals surface area contributed by atoms with Crippen LogP contribution in [-0.4, -0.2) is 23.1 Å². The largest absolute Gasteiger partial charge is 0.291 e.